The highest BCUT2D eigenvalue weighted by atomic mass is 16.5. The third kappa shape index (κ3) is 2.42. The van der Waals surface area contributed by atoms with Crippen LogP contribution in [0.15, 0.2) is 30.5 Å². The molecule has 20 heavy (non-hydrogen) atoms. The van der Waals surface area contributed by atoms with Gasteiger partial charge in [-0.15, -0.1) is 0 Å². The van der Waals surface area contributed by atoms with Crippen LogP contribution in [0.25, 0.3) is 10.9 Å². The van der Waals surface area contributed by atoms with E-state index in [-0.39, 0.29) is 6.10 Å². The Bertz CT molecular complexity index is 608. The maximum Gasteiger partial charge on any atom is 0.120 e. The summed E-state index contributed by atoms with van der Waals surface area (Å²) in [5, 5.41) is 1.26. The second kappa shape index (κ2) is 4.81. The van der Waals surface area contributed by atoms with Crippen molar-refractivity contribution in [2.75, 3.05) is 14.1 Å². The Morgan fingerprint density at radius 2 is 2.00 bits per heavy atom. The molecule has 0 spiro atoms. The van der Waals surface area contributed by atoms with E-state index in [9.17, 15) is 0 Å². The van der Waals surface area contributed by atoms with Gasteiger partial charge < -0.3 is 14.2 Å². The number of hydrogen-bond acceptors (Lipinski definition) is 2. The van der Waals surface area contributed by atoms with Crippen LogP contribution in [0.4, 0.5) is 0 Å². The van der Waals surface area contributed by atoms with Crippen molar-refractivity contribution in [1.82, 2.24) is 9.47 Å². The summed E-state index contributed by atoms with van der Waals surface area (Å²) < 4.78 is 8.14. The molecule has 0 saturated heterocycles. The van der Waals surface area contributed by atoms with Crippen molar-refractivity contribution in [2.45, 2.75) is 44.9 Å². The molecule has 1 aliphatic carbocycles. The van der Waals surface area contributed by atoms with Gasteiger partial charge in [0.15, 0.2) is 0 Å². The lowest BCUT2D eigenvalue weighted by Gasteiger charge is -2.24. The number of ether oxygens (including phenoxy) is 1. The Morgan fingerprint density at radius 1 is 1.25 bits per heavy atom. The van der Waals surface area contributed by atoms with Crippen LogP contribution in [-0.4, -0.2) is 35.2 Å². The molecule has 0 unspecified atom stereocenters. The minimum Gasteiger partial charge on any atom is -0.491 e. The third-order valence-electron chi connectivity index (χ3n) is 4.35. The van der Waals surface area contributed by atoms with Crippen LogP contribution in [0.2, 0.25) is 0 Å². The van der Waals surface area contributed by atoms with Crippen molar-refractivity contribution in [3.63, 3.8) is 0 Å². The van der Waals surface area contributed by atoms with Gasteiger partial charge in [0.05, 0.1) is 6.10 Å². The number of aromatic nitrogens is 1. The molecule has 1 aromatic heterocycles. The SMILES string of the molecule is CC(C)Oc1ccc2c(ccn2CC2(N(C)C)CC2)c1. The molecule has 1 aromatic carbocycles. The van der Waals surface area contributed by atoms with Crippen LogP contribution in [0.1, 0.15) is 26.7 Å². The fourth-order valence-electron chi connectivity index (χ4n) is 2.87. The molecular formula is C17H24N2O. The van der Waals surface area contributed by atoms with Crippen molar-refractivity contribution in [3.8, 4) is 5.75 Å². The van der Waals surface area contributed by atoms with E-state index in [1.165, 1.54) is 23.7 Å². The molecule has 1 heterocycles. The number of rotatable bonds is 5. The second-order valence-electron chi connectivity index (χ2n) is 6.45. The number of fused-ring (bicyclic) bond motifs is 1. The standard InChI is InChI=1S/C17H24N2O/c1-13(2)20-15-5-6-16-14(11-15)7-10-19(16)12-17(8-9-17)18(3)4/h5-7,10-11,13H,8-9,12H2,1-4H3. The largest absolute Gasteiger partial charge is 0.491 e. The van der Waals surface area contributed by atoms with Crippen LogP contribution in [0.3, 0.4) is 0 Å². The van der Waals surface area contributed by atoms with Crippen LogP contribution in [0, 0.1) is 0 Å². The predicted octanol–water partition coefficient (Wildman–Crippen LogP) is 3.52. The predicted molar refractivity (Wildman–Crippen MR) is 83.4 cm³/mol. The summed E-state index contributed by atoms with van der Waals surface area (Å²) in [6.45, 7) is 5.19. The van der Waals surface area contributed by atoms with E-state index in [1.54, 1.807) is 0 Å². The first-order chi connectivity index (χ1) is 9.50. The second-order valence-corrected chi connectivity index (χ2v) is 6.45. The molecule has 1 fully saturated rings. The molecule has 0 atom stereocenters. The first-order valence-electron chi connectivity index (χ1n) is 7.43. The minimum absolute atomic E-state index is 0.220. The first kappa shape index (κ1) is 13.5. The molecule has 0 bridgehead atoms. The van der Waals surface area contributed by atoms with Gasteiger partial charge in [-0.3, -0.25) is 0 Å². The Hall–Kier alpha value is -1.48. The van der Waals surface area contributed by atoms with Gasteiger partial charge in [0, 0.05) is 29.2 Å². The molecule has 0 aliphatic heterocycles. The fourth-order valence-corrected chi connectivity index (χ4v) is 2.87. The summed E-state index contributed by atoms with van der Waals surface area (Å²) in [7, 11) is 4.38. The zero-order valence-corrected chi connectivity index (χ0v) is 12.9. The quantitative estimate of drug-likeness (QED) is 0.828. The average Bonchev–Trinajstić information content (AvgIpc) is 3.06. The van der Waals surface area contributed by atoms with Crippen molar-refractivity contribution in [1.29, 1.82) is 0 Å². The van der Waals surface area contributed by atoms with E-state index in [4.69, 9.17) is 4.74 Å². The maximum atomic E-state index is 5.77. The Kier molecular flexibility index (Phi) is 3.25. The summed E-state index contributed by atoms with van der Waals surface area (Å²) >= 11 is 0. The monoisotopic (exact) mass is 272 g/mol. The van der Waals surface area contributed by atoms with E-state index >= 15 is 0 Å². The van der Waals surface area contributed by atoms with Crippen LogP contribution >= 0.6 is 0 Å². The Balaban J connectivity index is 1.87. The van der Waals surface area contributed by atoms with Crippen molar-refractivity contribution in [3.05, 3.63) is 30.5 Å². The molecule has 3 rings (SSSR count). The number of likely N-dealkylation sites (N-methyl/N-ethyl adjacent to an activating group) is 1. The molecule has 108 valence electrons. The molecule has 2 aromatic rings. The molecule has 3 nitrogen and oxygen atoms in total. The molecule has 1 aliphatic rings. The molecule has 1 saturated carbocycles. The summed E-state index contributed by atoms with van der Waals surface area (Å²) in [6.07, 6.45) is 5.02. The third-order valence-corrected chi connectivity index (χ3v) is 4.35. The zero-order valence-electron chi connectivity index (χ0n) is 12.9. The Morgan fingerprint density at radius 3 is 2.60 bits per heavy atom. The summed E-state index contributed by atoms with van der Waals surface area (Å²) in [4.78, 5) is 2.37. The lowest BCUT2D eigenvalue weighted by Crippen LogP contribution is -2.34. The molecular weight excluding hydrogens is 248 g/mol. The van der Waals surface area contributed by atoms with E-state index < -0.39 is 0 Å². The Labute approximate surface area is 121 Å². The fraction of sp³-hybridized carbons (Fsp3) is 0.529. The molecule has 0 N–H and O–H groups in total. The van der Waals surface area contributed by atoms with Gasteiger partial charge in [0.1, 0.15) is 5.75 Å². The zero-order chi connectivity index (χ0) is 14.3. The lowest BCUT2D eigenvalue weighted by molar-refractivity contribution is 0.242. The molecule has 3 heteroatoms. The van der Waals surface area contributed by atoms with Gasteiger partial charge in [-0.2, -0.15) is 0 Å². The van der Waals surface area contributed by atoms with Crippen molar-refractivity contribution in [2.24, 2.45) is 0 Å². The smallest absolute Gasteiger partial charge is 0.120 e. The van der Waals surface area contributed by atoms with Gasteiger partial charge in [-0.25, -0.2) is 0 Å². The van der Waals surface area contributed by atoms with Gasteiger partial charge >= 0.3 is 0 Å². The van der Waals surface area contributed by atoms with E-state index in [1.807, 2.05) is 0 Å². The highest BCUT2D eigenvalue weighted by molar-refractivity contribution is 5.81. The van der Waals surface area contributed by atoms with Gasteiger partial charge in [0.25, 0.3) is 0 Å². The van der Waals surface area contributed by atoms with Crippen LogP contribution in [-0.2, 0) is 6.54 Å². The summed E-state index contributed by atoms with van der Waals surface area (Å²) in [5.41, 5.74) is 1.67. The van der Waals surface area contributed by atoms with E-state index in [0.717, 1.165) is 12.3 Å². The van der Waals surface area contributed by atoms with Crippen LogP contribution < -0.4 is 4.74 Å². The average molecular weight is 272 g/mol. The van der Waals surface area contributed by atoms with Crippen molar-refractivity contribution < 1.29 is 4.74 Å². The minimum atomic E-state index is 0.220. The van der Waals surface area contributed by atoms with Crippen molar-refractivity contribution >= 4 is 10.9 Å². The highest BCUT2D eigenvalue weighted by Gasteiger charge is 2.45. The molecule has 0 radical (unpaired) electrons. The van der Waals surface area contributed by atoms with Gasteiger partial charge in [-0.05, 0) is 65.0 Å². The number of benzene rings is 1. The number of hydrogen-bond donors (Lipinski definition) is 0. The molecule has 0 amide bonds. The van der Waals surface area contributed by atoms with Gasteiger partial charge in [0.2, 0.25) is 0 Å². The van der Waals surface area contributed by atoms with E-state index in [2.05, 4.69) is 67.9 Å². The van der Waals surface area contributed by atoms with Crippen LogP contribution in [0.5, 0.6) is 5.75 Å². The normalized spacial score (nSPS) is 17.1. The number of nitrogens with zero attached hydrogens (tertiary/aromatic N) is 2. The van der Waals surface area contributed by atoms with E-state index in [0.29, 0.717) is 5.54 Å². The maximum absolute atomic E-state index is 5.77. The van der Waals surface area contributed by atoms with Gasteiger partial charge in [-0.1, -0.05) is 0 Å². The summed E-state index contributed by atoms with van der Waals surface area (Å²) in [6, 6.07) is 8.59. The highest BCUT2D eigenvalue weighted by Crippen LogP contribution is 2.42. The lowest BCUT2D eigenvalue weighted by atomic mass is 10.2. The summed E-state index contributed by atoms with van der Waals surface area (Å²) in [5.74, 6) is 0.957. The first-order valence-corrected chi connectivity index (χ1v) is 7.43. The topological polar surface area (TPSA) is 17.4 Å².